The number of carboxylic acids is 1. The quantitative estimate of drug-likeness (QED) is 0.807. The van der Waals surface area contributed by atoms with Crippen LogP contribution in [-0.4, -0.2) is 17.0 Å². The van der Waals surface area contributed by atoms with Crippen molar-refractivity contribution in [2.24, 2.45) is 0 Å². The van der Waals surface area contributed by atoms with Crippen molar-refractivity contribution in [3.63, 3.8) is 0 Å². The van der Waals surface area contributed by atoms with Crippen LogP contribution in [0.3, 0.4) is 0 Å². The average Bonchev–Trinajstić information content (AvgIpc) is 2.55. The molecule has 0 aromatic heterocycles. The second-order valence-corrected chi connectivity index (χ2v) is 5.62. The van der Waals surface area contributed by atoms with Crippen LogP contribution in [0.5, 0.6) is 0 Å². The van der Waals surface area contributed by atoms with E-state index in [-0.39, 0.29) is 23.8 Å². The van der Waals surface area contributed by atoms with E-state index in [0.717, 1.165) is 18.1 Å². The van der Waals surface area contributed by atoms with Crippen LogP contribution in [0, 0.1) is 5.82 Å². The number of hydrogen-bond acceptors (Lipinski definition) is 2. The van der Waals surface area contributed by atoms with Crippen molar-refractivity contribution in [2.45, 2.75) is 32.1 Å². The third-order valence-corrected chi connectivity index (χ3v) is 3.76. The number of carboxylic acid groups (broad SMARTS) is 1. The molecule has 0 saturated heterocycles. The molecule has 24 heavy (non-hydrogen) atoms. The molecule has 4 nitrogen and oxygen atoms in total. The lowest BCUT2D eigenvalue weighted by molar-refractivity contribution is -0.136. The molecular weight excluding hydrogens is 309 g/mol. The molecule has 1 amide bonds. The molecule has 2 rings (SSSR count). The van der Waals surface area contributed by atoms with Gasteiger partial charge in [-0.15, -0.1) is 0 Å². The van der Waals surface area contributed by atoms with Gasteiger partial charge in [-0.25, -0.2) is 4.39 Å². The van der Waals surface area contributed by atoms with E-state index in [1.165, 1.54) is 12.1 Å². The molecule has 0 heterocycles. The maximum absolute atomic E-state index is 13.9. The van der Waals surface area contributed by atoms with Gasteiger partial charge in [0.1, 0.15) is 5.82 Å². The van der Waals surface area contributed by atoms with E-state index in [9.17, 15) is 14.0 Å². The summed E-state index contributed by atoms with van der Waals surface area (Å²) in [5, 5.41) is 11.4. The van der Waals surface area contributed by atoms with Crippen molar-refractivity contribution < 1.29 is 19.1 Å². The number of anilines is 1. The monoisotopic (exact) mass is 329 g/mol. The van der Waals surface area contributed by atoms with E-state index in [4.69, 9.17) is 5.11 Å². The fraction of sp³-hybridized carbons (Fsp3) is 0.263. The maximum atomic E-state index is 13.9. The van der Waals surface area contributed by atoms with Crippen LogP contribution in [0.25, 0.3) is 0 Å². The van der Waals surface area contributed by atoms with E-state index in [2.05, 4.69) is 5.32 Å². The number of amides is 1. The van der Waals surface area contributed by atoms with Gasteiger partial charge in [-0.05, 0) is 29.7 Å². The molecule has 0 bridgehead atoms. The molecule has 0 spiro atoms. The molecule has 0 fully saturated rings. The fourth-order valence-electron chi connectivity index (χ4n) is 2.58. The molecule has 126 valence electrons. The molecule has 0 aliphatic rings. The Morgan fingerprint density at radius 2 is 1.88 bits per heavy atom. The van der Waals surface area contributed by atoms with Gasteiger partial charge in [0, 0.05) is 5.69 Å². The summed E-state index contributed by atoms with van der Waals surface area (Å²) in [6.45, 7) is 2.00. The Morgan fingerprint density at radius 3 is 2.46 bits per heavy atom. The average molecular weight is 329 g/mol. The number of carbonyl (C=O) groups excluding carboxylic acids is 1. The summed E-state index contributed by atoms with van der Waals surface area (Å²) in [6, 6.07) is 13.5. The van der Waals surface area contributed by atoms with Crippen LogP contribution in [0.4, 0.5) is 10.1 Å². The highest BCUT2D eigenvalue weighted by atomic mass is 19.1. The summed E-state index contributed by atoms with van der Waals surface area (Å²) in [6.07, 6.45) is 1.15. The van der Waals surface area contributed by atoms with Gasteiger partial charge >= 0.3 is 5.97 Å². The van der Waals surface area contributed by atoms with Crippen molar-refractivity contribution in [1.82, 2.24) is 0 Å². The Labute approximate surface area is 140 Å². The van der Waals surface area contributed by atoms with Gasteiger partial charge in [0.05, 0.1) is 12.3 Å². The summed E-state index contributed by atoms with van der Waals surface area (Å²) < 4.78 is 13.9. The Bertz CT molecular complexity index is 716. The third-order valence-electron chi connectivity index (χ3n) is 3.76. The molecule has 5 heteroatoms. The summed E-state index contributed by atoms with van der Waals surface area (Å²) in [4.78, 5) is 23.2. The molecule has 2 N–H and O–H groups in total. The van der Waals surface area contributed by atoms with Crippen molar-refractivity contribution >= 4 is 17.6 Å². The van der Waals surface area contributed by atoms with Gasteiger partial charge in [0.15, 0.2) is 0 Å². The van der Waals surface area contributed by atoms with Gasteiger partial charge in [0.25, 0.3) is 0 Å². The third kappa shape index (κ3) is 4.65. The molecule has 2 aromatic carbocycles. The zero-order chi connectivity index (χ0) is 17.5. The van der Waals surface area contributed by atoms with Gasteiger partial charge in [-0.2, -0.15) is 0 Å². The van der Waals surface area contributed by atoms with Crippen LogP contribution in [-0.2, 0) is 16.0 Å². The van der Waals surface area contributed by atoms with E-state index >= 15 is 0 Å². The number of hydrogen-bond donors (Lipinski definition) is 2. The number of carbonyl (C=O) groups is 2. The standard InChI is InChI=1S/C19H20FNO3/c1-2-6-16(13-7-4-3-5-8-13)19(24)21-15-10-9-14(11-18(22)23)17(20)12-15/h3-5,7-10,12,16H,2,6,11H2,1H3,(H,21,24)(H,22,23). The van der Waals surface area contributed by atoms with Crippen molar-refractivity contribution in [3.05, 3.63) is 65.5 Å². The molecule has 0 aliphatic carbocycles. The first-order chi connectivity index (χ1) is 11.5. The normalized spacial score (nSPS) is 11.8. The molecule has 1 unspecified atom stereocenters. The van der Waals surface area contributed by atoms with Crippen molar-refractivity contribution in [1.29, 1.82) is 0 Å². The number of nitrogens with one attached hydrogen (secondary N) is 1. The molecule has 0 radical (unpaired) electrons. The lowest BCUT2D eigenvalue weighted by atomic mass is 9.93. The topological polar surface area (TPSA) is 66.4 Å². The highest BCUT2D eigenvalue weighted by Crippen LogP contribution is 2.24. The van der Waals surface area contributed by atoms with Gasteiger partial charge < -0.3 is 10.4 Å². The van der Waals surface area contributed by atoms with Crippen molar-refractivity contribution in [3.8, 4) is 0 Å². The Hall–Kier alpha value is -2.69. The Morgan fingerprint density at radius 1 is 1.17 bits per heavy atom. The van der Waals surface area contributed by atoms with Crippen molar-refractivity contribution in [2.75, 3.05) is 5.32 Å². The summed E-state index contributed by atoms with van der Waals surface area (Å²) in [5.74, 6) is -2.24. The van der Waals surface area contributed by atoms with Crippen LogP contribution in [0.15, 0.2) is 48.5 Å². The van der Waals surface area contributed by atoms with E-state index in [1.807, 2.05) is 37.3 Å². The molecular formula is C19H20FNO3. The Kier molecular flexibility index (Phi) is 6.07. The minimum Gasteiger partial charge on any atom is -0.481 e. The maximum Gasteiger partial charge on any atom is 0.307 e. The summed E-state index contributed by atoms with van der Waals surface area (Å²) >= 11 is 0. The SMILES string of the molecule is CCCC(C(=O)Nc1ccc(CC(=O)O)c(F)c1)c1ccccc1. The van der Waals surface area contributed by atoms with Crippen LogP contribution in [0.2, 0.25) is 0 Å². The number of benzene rings is 2. The smallest absolute Gasteiger partial charge is 0.307 e. The van der Waals surface area contributed by atoms with Crippen LogP contribution >= 0.6 is 0 Å². The van der Waals surface area contributed by atoms with Gasteiger partial charge in [0.2, 0.25) is 5.91 Å². The first-order valence-corrected chi connectivity index (χ1v) is 7.87. The van der Waals surface area contributed by atoms with Crippen LogP contribution < -0.4 is 5.32 Å². The van der Waals surface area contributed by atoms with Gasteiger partial charge in [-0.3, -0.25) is 9.59 Å². The minimum atomic E-state index is -1.10. The van der Waals surface area contributed by atoms with Gasteiger partial charge in [-0.1, -0.05) is 49.7 Å². The largest absolute Gasteiger partial charge is 0.481 e. The summed E-state index contributed by atoms with van der Waals surface area (Å²) in [5.41, 5.74) is 1.33. The zero-order valence-corrected chi connectivity index (χ0v) is 13.5. The highest BCUT2D eigenvalue weighted by molar-refractivity contribution is 5.95. The van der Waals surface area contributed by atoms with Crippen LogP contribution in [0.1, 0.15) is 36.8 Å². The lowest BCUT2D eigenvalue weighted by Gasteiger charge is -2.17. The Balaban J connectivity index is 2.15. The first-order valence-electron chi connectivity index (χ1n) is 7.87. The first kappa shape index (κ1) is 17.7. The van der Waals surface area contributed by atoms with E-state index < -0.39 is 11.8 Å². The minimum absolute atomic E-state index is 0.0914. The molecule has 1 atom stereocenters. The predicted octanol–water partition coefficient (Wildman–Crippen LogP) is 3.98. The fourth-order valence-corrected chi connectivity index (χ4v) is 2.58. The summed E-state index contributed by atoms with van der Waals surface area (Å²) in [7, 11) is 0. The number of rotatable bonds is 7. The molecule has 0 aliphatic heterocycles. The van der Waals surface area contributed by atoms with E-state index in [0.29, 0.717) is 12.1 Å². The second-order valence-electron chi connectivity index (χ2n) is 5.62. The molecule has 0 saturated carbocycles. The zero-order valence-electron chi connectivity index (χ0n) is 13.5. The highest BCUT2D eigenvalue weighted by Gasteiger charge is 2.20. The molecule has 2 aromatic rings. The predicted molar refractivity (Wildman–Crippen MR) is 90.5 cm³/mol. The number of aliphatic carboxylic acids is 1. The van der Waals surface area contributed by atoms with E-state index in [1.54, 1.807) is 0 Å². The lowest BCUT2D eigenvalue weighted by Crippen LogP contribution is -2.21. The second kappa shape index (κ2) is 8.24. The number of halogens is 1.